The molecule has 1 saturated heterocycles. The van der Waals surface area contributed by atoms with Gasteiger partial charge in [0, 0.05) is 30.9 Å². The summed E-state index contributed by atoms with van der Waals surface area (Å²) >= 11 is 0. The highest BCUT2D eigenvalue weighted by Gasteiger charge is 2.35. The number of aliphatic hydroxyl groups excluding tert-OH is 1. The molecule has 1 atom stereocenters. The smallest absolute Gasteiger partial charge is 0.172 e. The molecule has 1 unspecified atom stereocenters. The molecule has 34 heavy (non-hydrogen) atoms. The van der Waals surface area contributed by atoms with Gasteiger partial charge in [-0.3, -0.25) is 0 Å². The third kappa shape index (κ3) is 4.31. The molecular formula is C26H27N5O3. The molecule has 2 aromatic heterocycles. The van der Waals surface area contributed by atoms with E-state index in [4.69, 9.17) is 9.84 Å². The lowest BCUT2D eigenvalue weighted by molar-refractivity contribution is 0.00986. The van der Waals surface area contributed by atoms with Gasteiger partial charge in [0.1, 0.15) is 5.82 Å². The first-order valence-corrected chi connectivity index (χ1v) is 11.3. The highest BCUT2D eigenvalue weighted by Crippen LogP contribution is 2.30. The van der Waals surface area contributed by atoms with Crippen molar-refractivity contribution >= 4 is 5.82 Å². The van der Waals surface area contributed by atoms with Gasteiger partial charge in [0.05, 0.1) is 25.5 Å². The lowest BCUT2D eigenvalue weighted by Crippen LogP contribution is -2.39. The second kappa shape index (κ2) is 9.34. The van der Waals surface area contributed by atoms with Crippen molar-refractivity contribution in [2.24, 2.45) is 0 Å². The number of aryl methyl sites for hydroxylation is 1. The first-order chi connectivity index (χ1) is 16.6. The number of nitrogens with zero attached hydrogens (tertiary/aromatic N) is 5. The highest BCUT2D eigenvalue weighted by atomic mass is 16.5. The van der Waals surface area contributed by atoms with Crippen LogP contribution >= 0.6 is 0 Å². The Morgan fingerprint density at radius 1 is 0.941 bits per heavy atom. The topological polar surface area (TPSA) is 96.5 Å². The van der Waals surface area contributed by atoms with Crippen LogP contribution in [0.15, 0.2) is 72.9 Å². The summed E-state index contributed by atoms with van der Waals surface area (Å²) in [7, 11) is 0. The number of aliphatic hydroxyl groups is 2. The Kier molecular flexibility index (Phi) is 6.10. The van der Waals surface area contributed by atoms with Crippen molar-refractivity contribution < 1.29 is 14.9 Å². The SMILES string of the molecule is Cc1cccc(-c2ccn(-c3cc(N4CCOCC4)nc(C(O)(CO)c4ccccc4)n3)n2)c1. The first-order valence-electron chi connectivity index (χ1n) is 11.3. The molecule has 4 aromatic rings. The molecule has 174 valence electrons. The third-order valence-corrected chi connectivity index (χ3v) is 6.02. The molecule has 1 fully saturated rings. The summed E-state index contributed by atoms with van der Waals surface area (Å²) in [6.07, 6.45) is 1.84. The number of ether oxygens (including phenoxy) is 1. The van der Waals surface area contributed by atoms with Gasteiger partial charge in [-0.15, -0.1) is 0 Å². The predicted octanol–water partition coefficient (Wildman–Crippen LogP) is 2.70. The molecule has 0 bridgehead atoms. The van der Waals surface area contributed by atoms with Crippen LogP contribution in [0, 0.1) is 6.92 Å². The molecule has 0 spiro atoms. The van der Waals surface area contributed by atoms with Crippen LogP contribution in [-0.4, -0.2) is 62.9 Å². The van der Waals surface area contributed by atoms with Gasteiger partial charge in [0.25, 0.3) is 0 Å². The van der Waals surface area contributed by atoms with Crippen molar-refractivity contribution in [3.8, 4) is 17.1 Å². The Balaban J connectivity index is 1.61. The molecule has 8 nitrogen and oxygen atoms in total. The minimum atomic E-state index is -1.76. The number of rotatable bonds is 6. The number of hydrogen-bond acceptors (Lipinski definition) is 7. The van der Waals surface area contributed by atoms with Crippen LogP contribution in [0.25, 0.3) is 17.1 Å². The second-order valence-corrected chi connectivity index (χ2v) is 8.41. The zero-order chi connectivity index (χ0) is 23.5. The lowest BCUT2D eigenvalue weighted by Gasteiger charge is -2.30. The summed E-state index contributed by atoms with van der Waals surface area (Å²) in [6.45, 7) is 4.02. The van der Waals surface area contributed by atoms with Crippen molar-refractivity contribution in [1.29, 1.82) is 0 Å². The summed E-state index contributed by atoms with van der Waals surface area (Å²) in [4.78, 5) is 11.4. The van der Waals surface area contributed by atoms with E-state index < -0.39 is 12.2 Å². The van der Waals surface area contributed by atoms with E-state index in [0.29, 0.717) is 43.5 Å². The Morgan fingerprint density at radius 2 is 1.71 bits per heavy atom. The summed E-state index contributed by atoms with van der Waals surface area (Å²) in [6, 6.07) is 20.9. The Morgan fingerprint density at radius 3 is 2.44 bits per heavy atom. The maximum Gasteiger partial charge on any atom is 0.172 e. The van der Waals surface area contributed by atoms with Crippen LogP contribution in [-0.2, 0) is 10.3 Å². The van der Waals surface area contributed by atoms with Crippen molar-refractivity contribution in [1.82, 2.24) is 19.7 Å². The quantitative estimate of drug-likeness (QED) is 0.460. The van der Waals surface area contributed by atoms with E-state index in [1.165, 1.54) is 0 Å². The average Bonchev–Trinajstić information content (AvgIpc) is 3.40. The molecule has 1 aliphatic heterocycles. The van der Waals surface area contributed by atoms with Gasteiger partial charge in [0.15, 0.2) is 17.2 Å². The number of benzene rings is 2. The number of aromatic nitrogens is 4. The van der Waals surface area contributed by atoms with Crippen LogP contribution in [0.4, 0.5) is 5.82 Å². The van der Waals surface area contributed by atoms with Crippen LogP contribution in [0.2, 0.25) is 0 Å². The predicted molar refractivity (Wildman–Crippen MR) is 129 cm³/mol. The number of hydrogen-bond donors (Lipinski definition) is 2. The molecule has 0 saturated carbocycles. The summed E-state index contributed by atoms with van der Waals surface area (Å²) in [5.74, 6) is 1.28. The van der Waals surface area contributed by atoms with Crippen molar-refractivity contribution in [3.05, 3.63) is 89.9 Å². The molecule has 3 heterocycles. The molecule has 0 amide bonds. The fraction of sp³-hybridized carbons (Fsp3) is 0.269. The van der Waals surface area contributed by atoms with Crippen molar-refractivity contribution in [2.75, 3.05) is 37.8 Å². The lowest BCUT2D eigenvalue weighted by atomic mass is 9.93. The van der Waals surface area contributed by atoms with E-state index in [9.17, 15) is 10.2 Å². The maximum atomic E-state index is 11.5. The largest absolute Gasteiger partial charge is 0.393 e. The third-order valence-electron chi connectivity index (χ3n) is 6.02. The van der Waals surface area contributed by atoms with E-state index >= 15 is 0 Å². The van der Waals surface area contributed by atoms with Gasteiger partial charge in [-0.05, 0) is 24.6 Å². The van der Waals surface area contributed by atoms with E-state index in [2.05, 4.69) is 20.9 Å². The van der Waals surface area contributed by atoms with E-state index in [0.717, 1.165) is 16.8 Å². The normalized spacial score (nSPS) is 15.8. The van der Waals surface area contributed by atoms with Gasteiger partial charge in [-0.25, -0.2) is 14.6 Å². The van der Waals surface area contributed by atoms with Gasteiger partial charge < -0.3 is 19.8 Å². The van der Waals surface area contributed by atoms with Crippen LogP contribution < -0.4 is 4.90 Å². The summed E-state index contributed by atoms with van der Waals surface area (Å²) in [5.41, 5.74) is 1.74. The van der Waals surface area contributed by atoms with Crippen molar-refractivity contribution in [2.45, 2.75) is 12.5 Å². The minimum Gasteiger partial charge on any atom is -0.393 e. The van der Waals surface area contributed by atoms with Crippen LogP contribution in [0.3, 0.4) is 0 Å². The maximum absolute atomic E-state index is 11.5. The molecule has 0 aliphatic carbocycles. The Bertz CT molecular complexity index is 1270. The molecular weight excluding hydrogens is 430 g/mol. The Labute approximate surface area is 198 Å². The average molecular weight is 458 g/mol. The van der Waals surface area contributed by atoms with E-state index in [1.54, 1.807) is 16.8 Å². The number of morpholine rings is 1. The van der Waals surface area contributed by atoms with Gasteiger partial charge >= 0.3 is 0 Å². The first kappa shape index (κ1) is 22.2. The monoisotopic (exact) mass is 457 g/mol. The standard InChI is InChI=1S/C26H27N5O3/c1-19-6-5-7-20(16-19)22-10-11-31(29-22)24-17-23(30-12-14-34-15-13-30)27-25(28-24)26(33,18-32)21-8-3-2-4-9-21/h2-11,16-17,32-33H,12-15,18H2,1H3. The fourth-order valence-electron chi connectivity index (χ4n) is 4.09. The summed E-state index contributed by atoms with van der Waals surface area (Å²) < 4.78 is 7.17. The fourth-order valence-corrected chi connectivity index (χ4v) is 4.09. The second-order valence-electron chi connectivity index (χ2n) is 8.41. The molecule has 1 aliphatic rings. The number of anilines is 1. The van der Waals surface area contributed by atoms with Gasteiger partial charge in [-0.2, -0.15) is 5.10 Å². The molecule has 8 heteroatoms. The van der Waals surface area contributed by atoms with Gasteiger partial charge in [-0.1, -0.05) is 54.1 Å². The van der Waals surface area contributed by atoms with Crippen LogP contribution in [0.1, 0.15) is 17.0 Å². The molecule has 0 radical (unpaired) electrons. The molecule has 2 N–H and O–H groups in total. The minimum absolute atomic E-state index is 0.118. The van der Waals surface area contributed by atoms with E-state index in [-0.39, 0.29) is 5.82 Å². The zero-order valence-electron chi connectivity index (χ0n) is 19.0. The molecule has 5 rings (SSSR count). The highest BCUT2D eigenvalue weighted by molar-refractivity contribution is 5.60. The van der Waals surface area contributed by atoms with Crippen LogP contribution in [0.5, 0.6) is 0 Å². The summed E-state index contributed by atoms with van der Waals surface area (Å²) in [5, 5.41) is 26.5. The van der Waals surface area contributed by atoms with Gasteiger partial charge in [0.2, 0.25) is 0 Å². The Hall–Kier alpha value is -3.59. The van der Waals surface area contributed by atoms with Crippen molar-refractivity contribution in [3.63, 3.8) is 0 Å². The van der Waals surface area contributed by atoms with E-state index in [1.807, 2.05) is 61.7 Å². The zero-order valence-corrected chi connectivity index (χ0v) is 19.0. The molecule has 2 aromatic carbocycles.